The first-order chi connectivity index (χ1) is 10.8. The van der Waals surface area contributed by atoms with E-state index in [1.807, 2.05) is 0 Å². The number of carbonyl (C=O) groups excluding carboxylic acids is 3. The maximum atomic E-state index is 12.2. The van der Waals surface area contributed by atoms with E-state index in [-0.39, 0.29) is 6.04 Å². The fourth-order valence-corrected chi connectivity index (χ4v) is 2.36. The molecule has 23 heavy (non-hydrogen) atoms. The summed E-state index contributed by atoms with van der Waals surface area (Å²) in [7, 11) is 0. The van der Waals surface area contributed by atoms with Crippen LogP contribution in [0.2, 0.25) is 5.02 Å². The second-order valence-corrected chi connectivity index (χ2v) is 6.28. The minimum Gasteiger partial charge on any atom is -0.455 e. The molecule has 1 aliphatic carbocycles. The zero-order valence-corrected chi connectivity index (χ0v) is 13.8. The monoisotopic (exact) mass is 338 g/mol. The van der Waals surface area contributed by atoms with E-state index in [0.29, 0.717) is 17.9 Å². The lowest BCUT2D eigenvalue weighted by Gasteiger charge is -2.15. The van der Waals surface area contributed by atoms with Gasteiger partial charge in [0.1, 0.15) is 0 Å². The molecule has 1 aromatic carbocycles. The standard InChI is InChI=1S/C16H19ClN2O4/c1-10(2)18-15(22)19-13(20)9-23-14(21)16(7-8-16)11-3-5-12(17)6-4-11/h3-6,10H,7-9H2,1-2H3,(H2,18,19,20,22). The number of hydrogen-bond acceptors (Lipinski definition) is 4. The number of benzene rings is 1. The SMILES string of the molecule is CC(C)NC(=O)NC(=O)COC(=O)C1(c2ccc(Cl)cc2)CC1. The summed E-state index contributed by atoms with van der Waals surface area (Å²) in [4.78, 5) is 35.2. The van der Waals surface area contributed by atoms with Crippen molar-refractivity contribution in [2.24, 2.45) is 0 Å². The van der Waals surface area contributed by atoms with Gasteiger partial charge in [-0.3, -0.25) is 14.9 Å². The van der Waals surface area contributed by atoms with Gasteiger partial charge < -0.3 is 10.1 Å². The van der Waals surface area contributed by atoms with Crippen molar-refractivity contribution in [3.63, 3.8) is 0 Å². The van der Waals surface area contributed by atoms with Crippen molar-refractivity contribution in [2.45, 2.75) is 38.1 Å². The number of nitrogens with one attached hydrogen (secondary N) is 2. The van der Waals surface area contributed by atoms with Crippen LogP contribution in [0.15, 0.2) is 24.3 Å². The maximum Gasteiger partial charge on any atom is 0.321 e. The van der Waals surface area contributed by atoms with Gasteiger partial charge in [0.25, 0.3) is 5.91 Å². The van der Waals surface area contributed by atoms with E-state index in [4.69, 9.17) is 16.3 Å². The predicted molar refractivity (Wildman–Crippen MR) is 85.1 cm³/mol. The number of carbonyl (C=O) groups is 3. The first-order valence-corrected chi connectivity index (χ1v) is 7.75. The molecule has 124 valence electrons. The number of esters is 1. The van der Waals surface area contributed by atoms with Gasteiger partial charge in [0, 0.05) is 11.1 Å². The topological polar surface area (TPSA) is 84.5 Å². The number of halogens is 1. The Labute approximate surface area is 139 Å². The third kappa shape index (κ3) is 4.45. The van der Waals surface area contributed by atoms with Crippen LogP contribution >= 0.6 is 11.6 Å². The summed E-state index contributed by atoms with van der Waals surface area (Å²) in [6.07, 6.45) is 1.34. The number of ether oxygens (including phenoxy) is 1. The molecule has 0 aromatic heterocycles. The Balaban J connectivity index is 1.86. The summed E-state index contributed by atoms with van der Waals surface area (Å²) in [5.41, 5.74) is 0.135. The Morgan fingerprint density at radius 2 is 1.83 bits per heavy atom. The second kappa shape index (κ2) is 7.00. The molecule has 7 heteroatoms. The lowest BCUT2D eigenvalue weighted by molar-refractivity contribution is -0.150. The minimum atomic E-state index is -0.689. The van der Waals surface area contributed by atoms with Crippen LogP contribution in [0.5, 0.6) is 0 Å². The molecule has 1 saturated carbocycles. The first kappa shape index (κ1) is 17.3. The molecule has 0 heterocycles. The number of amides is 3. The van der Waals surface area contributed by atoms with Gasteiger partial charge in [0.05, 0.1) is 5.41 Å². The van der Waals surface area contributed by atoms with E-state index >= 15 is 0 Å². The largest absolute Gasteiger partial charge is 0.455 e. The van der Waals surface area contributed by atoms with Gasteiger partial charge in [0.2, 0.25) is 0 Å². The lowest BCUT2D eigenvalue weighted by atomic mass is 9.96. The van der Waals surface area contributed by atoms with Crippen molar-refractivity contribution in [2.75, 3.05) is 6.61 Å². The molecule has 0 unspecified atom stereocenters. The van der Waals surface area contributed by atoms with E-state index in [0.717, 1.165) is 5.56 Å². The van der Waals surface area contributed by atoms with Crippen LogP contribution in [0.1, 0.15) is 32.3 Å². The Bertz CT molecular complexity index is 609. The Hall–Kier alpha value is -2.08. The van der Waals surface area contributed by atoms with Gasteiger partial charge in [-0.05, 0) is 44.4 Å². The molecule has 0 bridgehead atoms. The molecule has 0 radical (unpaired) electrons. The van der Waals surface area contributed by atoms with Gasteiger partial charge >= 0.3 is 12.0 Å². The van der Waals surface area contributed by atoms with Crippen LogP contribution < -0.4 is 10.6 Å². The van der Waals surface area contributed by atoms with Crippen LogP contribution in [0.4, 0.5) is 4.79 Å². The highest BCUT2D eigenvalue weighted by atomic mass is 35.5. The van der Waals surface area contributed by atoms with E-state index in [2.05, 4.69) is 10.6 Å². The average Bonchev–Trinajstić information content (AvgIpc) is 3.26. The fourth-order valence-electron chi connectivity index (χ4n) is 2.23. The third-order valence-electron chi connectivity index (χ3n) is 3.54. The molecular formula is C16H19ClN2O4. The quantitative estimate of drug-likeness (QED) is 0.806. The van der Waals surface area contributed by atoms with Crippen molar-refractivity contribution in [3.05, 3.63) is 34.9 Å². The number of urea groups is 1. The average molecular weight is 339 g/mol. The molecule has 0 saturated heterocycles. The molecule has 3 amide bonds. The van der Waals surface area contributed by atoms with Gasteiger partial charge in [-0.2, -0.15) is 0 Å². The van der Waals surface area contributed by atoms with E-state index in [9.17, 15) is 14.4 Å². The van der Waals surface area contributed by atoms with Gasteiger partial charge in [-0.25, -0.2) is 4.79 Å². The molecular weight excluding hydrogens is 320 g/mol. The molecule has 0 spiro atoms. The minimum absolute atomic E-state index is 0.0926. The van der Waals surface area contributed by atoms with Crippen molar-refractivity contribution in [1.29, 1.82) is 0 Å². The molecule has 6 nitrogen and oxygen atoms in total. The lowest BCUT2D eigenvalue weighted by Crippen LogP contribution is -2.44. The van der Waals surface area contributed by atoms with Crippen LogP contribution in [0, 0.1) is 0 Å². The summed E-state index contributed by atoms with van der Waals surface area (Å²) in [5, 5.41) is 5.20. The molecule has 1 aromatic rings. The van der Waals surface area contributed by atoms with Gasteiger partial charge in [0.15, 0.2) is 6.61 Å². The Morgan fingerprint density at radius 1 is 1.22 bits per heavy atom. The summed E-state index contributed by atoms with van der Waals surface area (Å²) in [6, 6.07) is 6.30. The smallest absolute Gasteiger partial charge is 0.321 e. The Morgan fingerprint density at radius 3 is 2.35 bits per heavy atom. The summed E-state index contributed by atoms with van der Waals surface area (Å²) in [5.74, 6) is -1.12. The van der Waals surface area contributed by atoms with Crippen LogP contribution in [0.3, 0.4) is 0 Å². The molecule has 1 aliphatic rings. The van der Waals surface area contributed by atoms with Crippen molar-refractivity contribution >= 4 is 29.5 Å². The highest BCUT2D eigenvalue weighted by Crippen LogP contribution is 2.49. The van der Waals surface area contributed by atoms with Crippen LogP contribution in [-0.2, 0) is 19.7 Å². The number of hydrogen-bond donors (Lipinski definition) is 2. The normalized spacial score (nSPS) is 15.0. The molecule has 0 atom stereocenters. The fraction of sp³-hybridized carbons (Fsp3) is 0.438. The van der Waals surface area contributed by atoms with Crippen LogP contribution in [-0.4, -0.2) is 30.6 Å². The van der Waals surface area contributed by atoms with Crippen LogP contribution in [0.25, 0.3) is 0 Å². The number of imide groups is 1. The predicted octanol–water partition coefficient (Wildman–Crippen LogP) is 2.15. The van der Waals surface area contributed by atoms with Gasteiger partial charge in [-0.15, -0.1) is 0 Å². The highest BCUT2D eigenvalue weighted by Gasteiger charge is 2.52. The van der Waals surface area contributed by atoms with E-state index < -0.39 is 29.9 Å². The first-order valence-electron chi connectivity index (χ1n) is 7.37. The second-order valence-electron chi connectivity index (χ2n) is 5.84. The molecule has 2 N–H and O–H groups in total. The third-order valence-corrected chi connectivity index (χ3v) is 3.80. The molecule has 0 aliphatic heterocycles. The zero-order chi connectivity index (χ0) is 17.0. The van der Waals surface area contributed by atoms with E-state index in [1.165, 1.54) is 0 Å². The molecule has 2 rings (SSSR count). The van der Waals surface area contributed by atoms with Gasteiger partial charge in [-0.1, -0.05) is 23.7 Å². The highest BCUT2D eigenvalue weighted by molar-refractivity contribution is 6.30. The van der Waals surface area contributed by atoms with Crippen molar-refractivity contribution in [1.82, 2.24) is 10.6 Å². The summed E-state index contributed by atoms with van der Waals surface area (Å²) >= 11 is 5.84. The van der Waals surface area contributed by atoms with E-state index in [1.54, 1.807) is 38.1 Å². The molecule has 1 fully saturated rings. The zero-order valence-electron chi connectivity index (χ0n) is 13.0. The summed E-state index contributed by atoms with van der Waals surface area (Å²) in [6.45, 7) is 3.06. The maximum absolute atomic E-state index is 12.2. The summed E-state index contributed by atoms with van der Waals surface area (Å²) < 4.78 is 5.06. The van der Waals surface area contributed by atoms with Crippen molar-refractivity contribution in [3.8, 4) is 0 Å². The van der Waals surface area contributed by atoms with Crippen molar-refractivity contribution < 1.29 is 19.1 Å². The Kier molecular flexibility index (Phi) is 5.26. The number of rotatable bonds is 5.